The quantitative estimate of drug-likeness (QED) is 0.447. The highest BCUT2D eigenvalue weighted by Crippen LogP contribution is 2.24. The van der Waals surface area contributed by atoms with Gasteiger partial charge in [-0.2, -0.15) is 0 Å². The molecule has 0 bridgehead atoms. The lowest BCUT2D eigenvalue weighted by atomic mass is 10.1. The van der Waals surface area contributed by atoms with Crippen LogP contribution in [0.2, 0.25) is 0 Å². The Balaban J connectivity index is 1.59. The van der Waals surface area contributed by atoms with Crippen molar-refractivity contribution in [3.8, 4) is 11.4 Å². The molecule has 0 fully saturated rings. The summed E-state index contributed by atoms with van der Waals surface area (Å²) < 4.78 is 2.11. The van der Waals surface area contributed by atoms with E-state index in [4.69, 9.17) is 9.97 Å². The lowest BCUT2D eigenvalue weighted by molar-refractivity contribution is 0.612. The van der Waals surface area contributed by atoms with Crippen LogP contribution in [0.5, 0.6) is 0 Å². The van der Waals surface area contributed by atoms with Gasteiger partial charge in [-0.1, -0.05) is 12.1 Å². The molecule has 6 heteroatoms. The number of imidazole rings is 1. The van der Waals surface area contributed by atoms with Crippen molar-refractivity contribution in [1.82, 2.24) is 24.5 Å². The molecule has 0 saturated carbocycles. The van der Waals surface area contributed by atoms with E-state index in [1.165, 1.54) is 11.3 Å². The number of nitrogens with one attached hydrogen (secondary N) is 1. The van der Waals surface area contributed by atoms with Crippen molar-refractivity contribution in [1.29, 1.82) is 0 Å². The van der Waals surface area contributed by atoms with E-state index >= 15 is 0 Å². The molecule has 0 aliphatic heterocycles. The predicted octanol–water partition coefficient (Wildman–Crippen LogP) is 5.08. The fourth-order valence-electron chi connectivity index (χ4n) is 3.60. The first-order chi connectivity index (χ1) is 14.7. The van der Waals surface area contributed by atoms with Gasteiger partial charge in [-0.15, -0.1) is 0 Å². The van der Waals surface area contributed by atoms with Crippen LogP contribution in [0.15, 0.2) is 55.1 Å². The second-order valence-corrected chi connectivity index (χ2v) is 7.73. The van der Waals surface area contributed by atoms with Gasteiger partial charge in [-0.3, -0.25) is 4.98 Å². The van der Waals surface area contributed by atoms with Crippen LogP contribution in [0, 0.1) is 0 Å². The number of aryl methyl sites for hydroxylation is 2. The Bertz CT molecular complexity index is 1100. The van der Waals surface area contributed by atoms with Gasteiger partial charge in [-0.05, 0) is 69.9 Å². The van der Waals surface area contributed by atoms with Crippen molar-refractivity contribution in [3.63, 3.8) is 0 Å². The second kappa shape index (κ2) is 9.03. The molecule has 154 valence electrons. The van der Waals surface area contributed by atoms with Crippen molar-refractivity contribution in [2.45, 2.75) is 46.1 Å². The summed E-state index contributed by atoms with van der Waals surface area (Å²) in [6.45, 7) is 7.33. The summed E-state index contributed by atoms with van der Waals surface area (Å²) in [7, 11) is 0. The average Bonchev–Trinajstić information content (AvgIpc) is 3.20. The van der Waals surface area contributed by atoms with Gasteiger partial charge in [0.1, 0.15) is 5.52 Å². The molecule has 0 saturated heterocycles. The number of anilines is 1. The van der Waals surface area contributed by atoms with Gasteiger partial charge in [0.05, 0.1) is 12.0 Å². The number of hydrogen-bond donors (Lipinski definition) is 1. The highest BCUT2D eigenvalue weighted by Gasteiger charge is 2.15. The molecule has 0 aliphatic carbocycles. The summed E-state index contributed by atoms with van der Waals surface area (Å²) in [6, 6.07) is 12.9. The zero-order chi connectivity index (χ0) is 20.9. The summed E-state index contributed by atoms with van der Waals surface area (Å²) >= 11 is 0. The Labute approximate surface area is 177 Å². The van der Waals surface area contributed by atoms with Crippen LogP contribution in [-0.2, 0) is 12.8 Å². The maximum atomic E-state index is 4.88. The number of nitrogens with zero attached hydrogens (tertiary/aromatic N) is 5. The second-order valence-electron chi connectivity index (χ2n) is 7.73. The van der Waals surface area contributed by atoms with Gasteiger partial charge in [-0.25, -0.2) is 15.0 Å². The molecule has 6 nitrogen and oxygen atoms in total. The summed E-state index contributed by atoms with van der Waals surface area (Å²) in [4.78, 5) is 18.6. The maximum absolute atomic E-state index is 4.88. The molecule has 0 unspecified atom stereocenters. The molecule has 0 radical (unpaired) electrons. The van der Waals surface area contributed by atoms with Gasteiger partial charge in [0.15, 0.2) is 11.5 Å². The summed E-state index contributed by atoms with van der Waals surface area (Å²) in [6.07, 6.45) is 8.32. The Morgan fingerprint density at radius 3 is 2.57 bits per heavy atom. The van der Waals surface area contributed by atoms with Crippen LogP contribution in [0.3, 0.4) is 0 Å². The number of fused-ring (bicyclic) bond motifs is 1. The first-order valence-corrected chi connectivity index (χ1v) is 10.6. The van der Waals surface area contributed by atoms with E-state index in [0.717, 1.165) is 48.2 Å². The van der Waals surface area contributed by atoms with Gasteiger partial charge < -0.3 is 9.88 Å². The number of hydrogen-bond acceptors (Lipinski definition) is 5. The van der Waals surface area contributed by atoms with Crippen LogP contribution >= 0.6 is 0 Å². The van der Waals surface area contributed by atoms with E-state index < -0.39 is 0 Å². The third-order valence-corrected chi connectivity index (χ3v) is 5.18. The van der Waals surface area contributed by atoms with Crippen molar-refractivity contribution in [3.05, 3.63) is 66.4 Å². The third-order valence-electron chi connectivity index (χ3n) is 5.18. The molecule has 3 heterocycles. The Hall–Kier alpha value is -3.28. The molecule has 0 atom stereocenters. The smallest absolute Gasteiger partial charge is 0.164 e. The van der Waals surface area contributed by atoms with Crippen molar-refractivity contribution < 1.29 is 0 Å². The van der Waals surface area contributed by atoms with E-state index in [9.17, 15) is 0 Å². The van der Waals surface area contributed by atoms with E-state index in [-0.39, 0.29) is 6.04 Å². The van der Waals surface area contributed by atoms with Crippen LogP contribution in [0.1, 0.15) is 44.5 Å². The van der Waals surface area contributed by atoms with Gasteiger partial charge in [0.2, 0.25) is 0 Å². The topological polar surface area (TPSA) is 68.5 Å². The Kier molecular flexibility index (Phi) is 6.02. The lowest BCUT2D eigenvalue weighted by Gasteiger charge is -2.10. The van der Waals surface area contributed by atoms with E-state index in [0.29, 0.717) is 5.82 Å². The highest BCUT2D eigenvalue weighted by molar-refractivity contribution is 5.76. The molecule has 3 aromatic heterocycles. The van der Waals surface area contributed by atoms with Gasteiger partial charge in [0.25, 0.3) is 0 Å². The minimum Gasteiger partial charge on any atom is -0.385 e. The summed E-state index contributed by atoms with van der Waals surface area (Å²) in [5.74, 6) is 0.711. The number of rotatable bonds is 8. The molecule has 1 N–H and O–H groups in total. The molecule has 4 rings (SSSR count). The normalized spacial score (nSPS) is 11.3. The lowest BCUT2D eigenvalue weighted by Crippen LogP contribution is -2.04. The standard InChI is InChI=1S/C24H28N6/c1-4-26-20-12-10-18(11-13-20)7-5-9-21-22-24(30(16-27-22)17(2)3)29-23(28-21)19-8-6-14-25-15-19/h6,8,10-17,26H,4-5,7,9H2,1-3H3. The summed E-state index contributed by atoms with van der Waals surface area (Å²) in [5, 5.41) is 3.34. The predicted molar refractivity (Wildman–Crippen MR) is 122 cm³/mol. The van der Waals surface area contributed by atoms with Crippen molar-refractivity contribution >= 4 is 16.9 Å². The minimum atomic E-state index is 0.287. The zero-order valence-corrected chi connectivity index (χ0v) is 17.8. The number of aromatic nitrogens is 5. The molecule has 30 heavy (non-hydrogen) atoms. The highest BCUT2D eigenvalue weighted by atomic mass is 15.1. The Morgan fingerprint density at radius 1 is 1.03 bits per heavy atom. The van der Waals surface area contributed by atoms with Crippen LogP contribution < -0.4 is 5.32 Å². The number of benzene rings is 1. The SMILES string of the molecule is CCNc1ccc(CCCc2nc(-c3cccnc3)nc3c2ncn3C(C)C)cc1. The zero-order valence-electron chi connectivity index (χ0n) is 17.8. The molecule has 1 aromatic carbocycles. The van der Waals surface area contributed by atoms with E-state index in [2.05, 4.69) is 64.9 Å². The fourth-order valence-corrected chi connectivity index (χ4v) is 3.60. The fraction of sp³-hybridized carbons (Fsp3) is 0.333. The first-order valence-electron chi connectivity index (χ1n) is 10.6. The van der Waals surface area contributed by atoms with Crippen LogP contribution in [-0.4, -0.2) is 31.0 Å². The molecule has 0 spiro atoms. The van der Waals surface area contributed by atoms with Crippen LogP contribution in [0.25, 0.3) is 22.6 Å². The van der Waals surface area contributed by atoms with Crippen LogP contribution in [0.4, 0.5) is 5.69 Å². The van der Waals surface area contributed by atoms with Gasteiger partial charge >= 0.3 is 0 Å². The average molecular weight is 401 g/mol. The number of pyridine rings is 1. The first kappa shape index (κ1) is 20.0. The molecule has 0 amide bonds. The third kappa shape index (κ3) is 4.32. The van der Waals surface area contributed by atoms with E-state index in [1.807, 2.05) is 24.7 Å². The van der Waals surface area contributed by atoms with Gasteiger partial charge in [0, 0.05) is 36.2 Å². The molecule has 4 aromatic rings. The van der Waals surface area contributed by atoms with Crippen molar-refractivity contribution in [2.75, 3.05) is 11.9 Å². The molecular formula is C24H28N6. The molecule has 0 aliphatic rings. The minimum absolute atomic E-state index is 0.287. The largest absolute Gasteiger partial charge is 0.385 e. The monoisotopic (exact) mass is 400 g/mol. The molecular weight excluding hydrogens is 372 g/mol. The van der Waals surface area contributed by atoms with Crippen molar-refractivity contribution in [2.24, 2.45) is 0 Å². The maximum Gasteiger partial charge on any atom is 0.164 e. The van der Waals surface area contributed by atoms with E-state index in [1.54, 1.807) is 6.20 Å². The Morgan fingerprint density at radius 2 is 1.87 bits per heavy atom. The summed E-state index contributed by atoms with van der Waals surface area (Å²) in [5.41, 5.74) is 6.22.